The molecule has 7 heteroatoms. The Morgan fingerprint density at radius 3 is 2.24 bits per heavy atom. The number of thioether (sulfide) groups is 1. The number of hydrazine groups is 1. The number of rotatable bonds is 6. The number of amides is 2. The number of carbonyl (C=O) groups excluding carboxylic acids is 2. The number of nitrogens with zero attached hydrogens (tertiary/aromatic N) is 2. The summed E-state index contributed by atoms with van der Waals surface area (Å²) in [5.74, 6) is -0.664. The molecule has 1 fully saturated rings. The van der Waals surface area contributed by atoms with Crippen molar-refractivity contribution in [2.45, 2.75) is 16.2 Å². The second-order valence-corrected chi connectivity index (χ2v) is 9.34. The van der Waals surface area contributed by atoms with E-state index in [1.54, 1.807) is 12.3 Å². The second-order valence-electron chi connectivity index (χ2n) is 7.79. The SMILES string of the molecule is O=C1NN(C(c2ccccc2)c2ccc(-c3cccnc3)cc2)C(=O)C1Sc1ccccc1Cl. The molecular weight excluding hydrogens is 466 g/mol. The Kier molecular flexibility index (Phi) is 6.34. The predicted molar refractivity (Wildman–Crippen MR) is 134 cm³/mol. The number of halogens is 1. The van der Waals surface area contributed by atoms with Crippen molar-refractivity contribution in [1.29, 1.82) is 0 Å². The first-order valence-corrected chi connectivity index (χ1v) is 12.0. The summed E-state index contributed by atoms with van der Waals surface area (Å²) in [6.45, 7) is 0. The largest absolute Gasteiger partial charge is 0.271 e. The van der Waals surface area contributed by atoms with E-state index in [1.165, 1.54) is 5.01 Å². The van der Waals surface area contributed by atoms with Crippen molar-refractivity contribution in [3.8, 4) is 11.1 Å². The molecule has 4 aromatic rings. The van der Waals surface area contributed by atoms with Crippen molar-refractivity contribution in [2.24, 2.45) is 0 Å². The van der Waals surface area contributed by atoms with E-state index in [9.17, 15) is 9.59 Å². The van der Waals surface area contributed by atoms with E-state index in [4.69, 9.17) is 11.6 Å². The summed E-state index contributed by atoms with van der Waals surface area (Å²) in [5.41, 5.74) is 6.62. The number of nitrogens with one attached hydrogen (secondary N) is 1. The maximum absolute atomic E-state index is 13.5. The zero-order valence-corrected chi connectivity index (χ0v) is 19.5. The van der Waals surface area contributed by atoms with Gasteiger partial charge in [0.2, 0.25) is 0 Å². The molecule has 5 nitrogen and oxygen atoms in total. The van der Waals surface area contributed by atoms with Crippen LogP contribution in [0.2, 0.25) is 5.02 Å². The minimum atomic E-state index is -0.916. The van der Waals surface area contributed by atoms with Crippen molar-refractivity contribution in [3.63, 3.8) is 0 Å². The highest BCUT2D eigenvalue weighted by molar-refractivity contribution is 8.01. The third kappa shape index (κ3) is 4.42. The Balaban J connectivity index is 1.48. The van der Waals surface area contributed by atoms with Crippen LogP contribution in [0.15, 0.2) is 108 Å². The summed E-state index contributed by atoms with van der Waals surface area (Å²) in [5, 5.41) is 1.03. The van der Waals surface area contributed by atoms with Crippen molar-refractivity contribution in [1.82, 2.24) is 15.4 Å². The van der Waals surface area contributed by atoms with Crippen LogP contribution in [-0.4, -0.2) is 27.1 Å². The van der Waals surface area contributed by atoms with Crippen LogP contribution in [-0.2, 0) is 9.59 Å². The molecule has 2 atom stereocenters. The molecule has 0 saturated carbocycles. The van der Waals surface area contributed by atoms with Crippen molar-refractivity contribution in [2.75, 3.05) is 0 Å². The first-order chi connectivity index (χ1) is 16.6. The average molecular weight is 486 g/mol. The minimum Gasteiger partial charge on any atom is -0.271 e. The zero-order chi connectivity index (χ0) is 23.5. The van der Waals surface area contributed by atoms with E-state index in [1.807, 2.05) is 91.1 Å². The van der Waals surface area contributed by atoms with Gasteiger partial charge in [-0.05, 0) is 40.5 Å². The standard InChI is InChI=1S/C27H20ClN3O2S/c28-22-10-4-5-11-23(22)34-25-26(32)30-31(27(25)33)24(19-7-2-1-3-8-19)20-14-12-18(13-15-20)21-9-6-16-29-17-21/h1-17,24-25H,(H,30,32). The summed E-state index contributed by atoms with van der Waals surface area (Å²) in [7, 11) is 0. The van der Waals surface area contributed by atoms with Gasteiger partial charge < -0.3 is 0 Å². The molecular formula is C27H20ClN3O2S. The lowest BCUT2D eigenvalue weighted by Crippen LogP contribution is -2.39. The molecule has 0 bridgehead atoms. The fraction of sp³-hybridized carbons (Fsp3) is 0.0741. The third-order valence-electron chi connectivity index (χ3n) is 5.61. The molecule has 2 heterocycles. The number of carbonyl (C=O) groups is 2. The summed E-state index contributed by atoms with van der Waals surface area (Å²) >= 11 is 7.44. The second kappa shape index (κ2) is 9.71. The highest BCUT2D eigenvalue weighted by Crippen LogP contribution is 2.37. The Bertz CT molecular complexity index is 1320. The van der Waals surface area contributed by atoms with Crippen LogP contribution in [0.3, 0.4) is 0 Å². The highest BCUT2D eigenvalue weighted by atomic mass is 35.5. The van der Waals surface area contributed by atoms with E-state index in [0.29, 0.717) is 9.92 Å². The fourth-order valence-electron chi connectivity index (χ4n) is 3.95. The van der Waals surface area contributed by atoms with Gasteiger partial charge >= 0.3 is 0 Å². The minimum absolute atomic E-state index is 0.305. The van der Waals surface area contributed by atoms with Crippen LogP contribution in [0.5, 0.6) is 0 Å². The highest BCUT2D eigenvalue weighted by Gasteiger charge is 2.44. The fourth-order valence-corrected chi connectivity index (χ4v) is 5.19. The molecule has 2 unspecified atom stereocenters. The maximum atomic E-state index is 13.5. The monoisotopic (exact) mass is 485 g/mol. The number of aromatic nitrogens is 1. The van der Waals surface area contributed by atoms with Crippen LogP contribution in [0.25, 0.3) is 11.1 Å². The molecule has 34 heavy (non-hydrogen) atoms. The molecule has 2 amide bonds. The van der Waals surface area contributed by atoms with E-state index in [0.717, 1.165) is 34.0 Å². The summed E-state index contributed by atoms with van der Waals surface area (Å²) in [6.07, 6.45) is 3.55. The van der Waals surface area contributed by atoms with E-state index in [2.05, 4.69) is 10.4 Å². The Morgan fingerprint density at radius 1 is 0.824 bits per heavy atom. The lowest BCUT2D eigenvalue weighted by Gasteiger charge is -2.28. The Morgan fingerprint density at radius 2 is 1.53 bits per heavy atom. The van der Waals surface area contributed by atoms with Gasteiger partial charge in [-0.3, -0.25) is 20.0 Å². The van der Waals surface area contributed by atoms with Crippen LogP contribution >= 0.6 is 23.4 Å². The number of pyridine rings is 1. The normalized spacial score (nSPS) is 16.4. The number of hydrogen-bond donors (Lipinski definition) is 1. The van der Waals surface area contributed by atoms with E-state index >= 15 is 0 Å². The molecule has 0 spiro atoms. The molecule has 1 aliphatic heterocycles. The topological polar surface area (TPSA) is 62.3 Å². The van der Waals surface area contributed by atoms with Crippen molar-refractivity contribution < 1.29 is 9.59 Å². The molecule has 5 rings (SSSR count). The molecule has 1 aromatic heterocycles. The molecule has 1 saturated heterocycles. The van der Waals surface area contributed by atoms with Gasteiger partial charge in [-0.15, -0.1) is 11.8 Å². The molecule has 1 aliphatic rings. The first kappa shape index (κ1) is 22.2. The Labute approximate surface area is 206 Å². The van der Waals surface area contributed by atoms with Gasteiger partial charge in [0, 0.05) is 17.3 Å². The predicted octanol–water partition coefficient (Wildman–Crippen LogP) is 5.53. The summed E-state index contributed by atoms with van der Waals surface area (Å²) in [4.78, 5) is 31.2. The van der Waals surface area contributed by atoms with Crippen LogP contribution < -0.4 is 5.43 Å². The van der Waals surface area contributed by atoms with Crippen LogP contribution in [0.4, 0.5) is 0 Å². The van der Waals surface area contributed by atoms with E-state index < -0.39 is 11.3 Å². The first-order valence-electron chi connectivity index (χ1n) is 10.7. The Hall–Kier alpha value is -3.61. The molecule has 1 N–H and O–H groups in total. The van der Waals surface area contributed by atoms with Gasteiger partial charge in [0.15, 0.2) is 5.25 Å². The van der Waals surface area contributed by atoms with E-state index in [-0.39, 0.29) is 11.8 Å². The molecule has 0 aliphatic carbocycles. The lowest BCUT2D eigenvalue weighted by atomic mass is 9.96. The van der Waals surface area contributed by atoms with Gasteiger partial charge in [-0.2, -0.15) is 0 Å². The van der Waals surface area contributed by atoms with Crippen molar-refractivity contribution in [3.05, 3.63) is 120 Å². The van der Waals surface area contributed by atoms with Crippen LogP contribution in [0.1, 0.15) is 17.2 Å². The number of hydrogen-bond acceptors (Lipinski definition) is 4. The zero-order valence-electron chi connectivity index (χ0n) is 18.0. The van der Waals surface area contributed by atoms with Crippen molar-refractivity contribution >= 4 is 35.2 Å². The number of benzene rings is 3. The maximum Gasteiger partial charge on any atom is 0.265 e. The average Bonchev–Trinajstić information content (AvgIpc) is 3.15. The molecule has 3 aromatic carbocycles. The van der Waals surface area contributed by atoms with Gasteiger partial charge in [-0.1, -0.05) is 84.4 Å². The van der Waals surface area contributed by atoms with Gasteiger partial charge in [0.25, 0.3) is 11.8 Å². The van der Waals surface area contributed by atoms with Crippen LogP contribution in [0, 0.1) is 0 Å². The van der Waals surface area contributed by atoms with Gasteiger partial charge in [0.1, 0.15) is 6.04 Å². The molecule has 0 radical (unpaired) electrons. The molecule has 168 valence electrons. The smallest absolute Gasteiger partial charge is 0.265 e. The van der Waals surface area contributed by atoms with Gasteiger partial charge in [0.05, 0.1) is 5.02 Å². The lowest BCUT2D eigenvalue weighted by molar-refractivity contribution is -0.131. The quantitative estimate of drug-likeness (QED) is 0.365. The summed E-state index contributed by atoms with van der Waals surface area (Å²) in [6, 6.07) is 28.3. The third-order valence-corrected chi connectivity index (χ3v) is 7.31. The van der Waals surface area contributed by atoms with Gasteiger partial charge in [-0.25, -0.2) is 5.01 Å². The summed E-state index contributed by atoms with van der Waals surface area (Å²) < 4.78 is 0.